The van der Waals surface area contributed by atoms with Crippen LogP contribution >= 0.6 is 11.8 Å². The highest BCUT2D eigenvalue weighted by Crippen LogP contribution is 2.45. The number of nitrogens with one attached hydrogen (secondary N) is 1. The van der Waals surface area contributed by atoms with E-state index < -0.39 is 6.04 Å². The van der Waals surface area contributed by atoms with Gasteiger partial charge in [-0.15, -0.1) is 0 Å². The number of nitrogens with zero attached hydrogens (tertiary/aromatic N) is 3. The van der Waals surface area contributed by atoms with Gasteiger partial charge in [0.1, 0.15) is 0 Å². The molecule has 3 heterocycles. The highest BCUT2D eigenvalue weighted by molar-refractivity contribution is 8.16. The number of fused-ring (bicyclic) bond motifs is 1. The Kier molecular flexibility index (Phi) is 8.54. The molecule has 0 unspecified atom stereocenters. The minimum absolute atomic E-state index is 0.0475. The summed E-state index contributed by atoms with van der Waals surface area (Å²) in [6, 6.07) is 5.84. The van der Waals surface area contributed by atoms with E-state index >= 15 is 0 Å². The number of aliphatic imine (C=N–C) groups is 1. The molecule has 0 aromatic heterocycles. The maximum atomic E-state index is 13.3. The number of morpholine rings is 1. The van der Waals surface area contributed by atoms with Gasteiger partial charge in [-0.05, 0) is 51.2 Å². The second-order valence-corrected chi connectivity index (χ2v) is 10.5. The summed E-state index contributed by atoms with van der Waals surface area (Å²) in [5, 5.41) is 5.80. The van der Waals surface area contributed by atoms with Gasteiger partial charge in [0.2, 0.25) is 5.91 Å². The lowest BCUT2D eigenvalue weighted by atomic mass is 9.90. The Hall–Kier alpha value is -2.62. The van der Waals surface area contributed by atoms with E-state index in [0.29, 0.717) is 17.8 Å². The third-order valence-electron chi connectivity index (χ3n) is 6.49. The smallest absolute Gasteiger partial charge is 0.338 e. The first-order valence-corrected chi connectivity index (χ1v) is 13.4. The summed E-state index contributed by atoms with van der Waals surface area (Å²) < 4.78 is 11.0. The molecule has 8 nitrogen and oxygen atoms in total. The number of ether oxygens (including phenoxy) is 2. The fourth-order valence-electron chi connectivity index (χ4n) is 4.66. The second-order valence-electron chi connectivity index (χ2n) is 9.69. The van der Waals surface area contributed by atoms with Gasteiger partial charge < -0.3 is 19.7 Å². The van der Waals surface area contributed by atoms with Crippen molar-refractivity contribution in [3.8, 4) is 0 Å². The maximum Gasteiger partial charge on any atom is 0.338 e. The van der Waals surface area contributed by atoms with Gasteiger partial charge in [-0.25, -0.2) is 9.79 Å². The van der Waals surface area contributed by atoms with Gasteiger partial charge in [-0.2, -0.15) is 0 Å². The van der Waals surface area contributed by atoms with Crippen LogP contribution in [0.3, 0.4) is 0 Å². The van der Waals surface area contributed by atoms with Gasteiger partial charge in [0.05, 0.1) is 43.1 Å². The van der Waals surface area contributed by atoms with Crippen molar-refractivity contribution in [1.82, 2.24) is 15.1 Å². The van der Waals surface area contributed by atoms with Gasteiger partial charge in [0.25, 0.3) is 0 Å². The first-order valence-electron chi connectivity index (χ1n) is 12.5. The number of hydrogen-bond acceptors (Lipinski definition) is 8. The third kappa shape index (κ3) is 6.02. The first-order chi connectivity index (χ1) is 17.2. The zero-order chi connectivity index (χ0) is 25.8. The molecule has 4 rings (SSSR count). The van der Waals surface area contributed by atoms with Crippen molar-refractivity contribution in [3.63, 3.8) is 0 Å². The monoisotopic (exact) mass is 512 g/mol. The van der Waals surface area contributed by atoms with Crippen molar-refractivity contribution < 1.29 is 19.1 Å². The number of benzene rings is 1. The number of allylic oxidation sites excluding steroid dienone is 1. The largest absolute Gasteiger partial charge is 0.459 e. The van der Waals surface area contributed by atoms with Crippen LogP contribution in [0.25, 0.3) is 0 Å². The Morgan fingerprint density at radius 3 is 2.69 bits per heavy atom. The number of amidine groups is 1. The number of thioether (sulfide) groups is 1. The molecule has 1 amide bonds. The summed E-state index contributed by atoms with van der Waals surface area (Å²) in [5.41, 5.74) is 5.18. The Bertz CT molecular complexity index is 1100. The molecule has 1 N–H and O–H groups in total. The molecule has 1 aromatic carbocycles. The topological polar surface area (TPSA) is 83.5 Å². The van der Waals surface area contributed by atoms with Crippen LogP contribution < -0.4 is 5.32 Å². The van der Waals surface area contributed by atoms with Gasteiger partial charge in [-0.1, -0.05) is 35.5 Å². The number of esters is 1. The minimum Gasteiger partial charge on any atom is -0.459 e. The fourth-order valence-corrected chi connectivity index (χ4v) is 5.63. The summed E-state index contributed by atoms with van der Waals surface area (Å²) in [7, 11) is 0. The lowest BCUT2D eigenvalue weighted by Gasteiger charge is -2.37. The Labute approximate surface area is 217 Å². The van der Waals surface area contributed by atoms with E-state index in [1.54, 1.807) is 0 Å². The van der Waals surface area contributed by atoms with Crippen molar-refractivity contribution in [2.75, 3.05) is 39.4 Å². The molecule has 194 valence electrons. The highest BCUT2D eigenvalue weighted by Gasteiger charge is 2.41. The minimum atomic E-state index is -0.411. The lowest BCUT2D eigenvalue weighted by molar-refractivity contribution is -0.143. The van der Waals surface area contributed by atoms with Crippen LogP contribution in [0.5, 0.6) is 0 Å². The molecule has 1 saturated heterocycles. The molecule has 0 radical (unpaired) electrons. The molecule has 1 atom stereocenters. The van der Waals surface area contributed by atoms with Crippen molar-refractivity contribution in [3.05, 3.63) is 57.3 Å². The van der Waals surface area contributed by atoms with E-state index in [9.17, 15) is 9.59 Å². The summed E-state index contributed by atoms with van der Waals surface area (Å²) in [6.45, 7) is 14.3. The van der Waals surface area contributed by atoms with Crippen LogP contribution in [0.4, 0.5) is 0 Å². The standard InChI is InChI=1S/C27H36N4O4S/c1-17(2)35-26(33)24-20(5)29-27-31(25(24)22-14-18(3)6-7-19(22)4)21(16-36-27)15-23(32)28-8-9-30-10-12-34-13-11-30/h6-7,14,16-17,25H,8-13,15H2,1-5H3,(H,28,32)/t25-/m1/s1. The molecule has 36 heavy (non-hydrogen) atoms. The van der Waals surface area contributed by atoms with Gasteiger partial charge in [0.15, 0.2) is 5.17 Å². The molecule has 0 aliphatic carbocycles. The van der Waals surface area contributed by atoms with Crippen molar-refractivity contribution in [1.29, 1.82) is 0 Å². The normalized spacial score (nSPS) is 20.3. The summed E-state index contributed by atoms with van der Waals surface area (Å²) >= 11 is 1.49. The van der Waals surface area contributed by atoms with Crippen LogP contribution in [0.15, 0.2) is 45.6 Å². The van der Waals surface area contributed by atoms with Gasteiger partial charge in [-0.3, -0.25) is 9.69 Å². The van der Waals surface area contributed by atoms with E-state index in [-0.39, 0.29) is 24.4 Å². The first kappa shape index (κ1) is 26.4. The zero-order valence-electron chi connectivity index (χ0n) is 21.8. The Morgan fingerprint density at radius 1 is 1.22 bits per heavy atom. The molecular formula is C27H36N4O4S. The molecule has 0 bridgehead atoms. The molecule has 1 fully saturated rings. The third-order valence-corrected chi connectivity index (χ3v) is 7.38. The van der Waals surface area contributed by atoms with Crippen LogP contribution in [-0.2, 0) is 19.1 Å². The molecule has 0 spiro atoms. The van der Waals surface area contributed by atoms with Crippen molar-refractivity contribution >= 4 is 28.8 Å². The SMILES string of the molecule is CC1=C(C(=O)OC(C)C)[C@@H](c2cc(C)ccc2C)N2C(CC(=O)NCCN3CCOCC3)=CSC2=N1. The summed E-state index contributed by atoms with van der Waals surface area (Å²) in [4.78, 5) is 35.3. The van der Waals surface area contributed by atoms with E-state index in [0.717, 1.165) is 60.4 Å². The molecule has 1 aromatic rings. The molecule has 3 aliphatic heterocycles. The van der Waals surface area contributed by atoms with Crippen molar-refractivity contribution in [2.24, 2.45) is 4.99 Å². The molecule has 0 saturated carbocycles. The highest BCUT2D eigenvalue weighted by atomic mass is 32.2. The number of carbonyl (C=O) groups excluding carboxylic acids is 2. The summed E-state index contributed by atoms with van der Waals surface area (Å²) in [5.74, 6) is -0.420. The number of hydrogen-bond donors (Lipinski definition) is 1. The number of rotatable bonds is 8. The van der Waals surface area contributed by atoms with Gasteiger partial charge in [0, 0.05) is 31.9 Å². The maximum absolute atomic E-state index is 13.3. The molecular weight excluding hydrogens is 476 g/mol. The zero-order valence-corrected chi connectivity index (χ0v) is 22.6. The number of amides is 1. The number of carbonyl (C=O) groups is 2. The predicted molar refractivity (Wildman–Crippen MR) is 142 cm³/mol. The lowest BCUT2D eigenvalue weighted by Crippen LogP contribution is -2.42. The van der Waals surface area contributed by atoms with Crippen LogP contribution in [0.1, 0.15) is 49.9 Å². The fraction of sp³-hybridized carbons (Fsp3) is 0.519. The van der Waals surface area contributed by atoms with Gasteiger partial charge >= 0.3 is 5.97 Å². The van der Waals surface area contributed by atoms with E-state index in [4.69, 9.17) is 14.5 Å². The molecule has 3 aliphatic rings. The second kappa shape index (κ2) is 11.6. The average molecular weight is 513 g/mol. The van der Waals surface area contributed by atoms with E-state index in [1.165, 1.54) is 11.8 Å². The number of aryl methyl sites for hydroxylation is 2. The van der Waals surface area contributed by atoms with Crippen molar-refractivity contribution in [2.45, 2.75) is 53.2 Å². The predicted octanol–water partition coefficient (Wildman–Crippen LogP) is 3.67. The molecule has 9 heteroatoms. The quantitative estimate of drug-likeness (QED) is 0.532. The van der Waals surface area contributed by atoms with Crippen LogP contribution in [0.2, 0.25) is 0 Å². The Morgan fingerprint density at radius 2 is 1.97 bits per heavy atom. The average Bonchev–Trinajstić information content (AvgIpc) is 3.21. The van der Waals surface area contributed by atoms with Crippen LogP contribution in [0, 0.1) is 13.8 Å². The van der Waals surface area contributed by atoms with E-state index in [2.05, 4.69) is 28.4 Å². The Balaban J connectivity index is 1.57. The van der Waals surface area contributed by atoms with Crippen LogP contribution in [-0.4, -0.2) is 72.3 Å². The van der Waals surface area contributed by atoms with E-state index in [1.807, 2.05) is 44.9 Å². The summed E-state index contributed by atoms with van der Waals surface area (Å²) in [6.07, 6.45) is -0.0372.